The maximum atomic E-state index is 11.7. The standard InChI is InChI=1S/C18H26BrNO/c1-2-3-4-5-6-7-10-15-20-18(21)14-13-16-11-8-9-12-17(16)19/h8-9,11-14H,2-7,10,15H2,1H3,(H,20,21)/b14-13+. The van der Waals surface area contributed by atoms with Gasteiger partial charge in [0.1, 0.15) is 0 Å². The predicted octanol–water partition coefficient (Wildman–Crippen LogP) is 5.33. The van der Waals surface area contributed by atoms with E-state index < -0.39 is 0 Å². The summed E-state index contributed by atoms with van der Waals surface area (Å²) in [5.74, 6) is -0.0169. The van der Waals surface area contributed by atoms with Crippen LogP contribution in [-0.4, -0.2) is 12.5 Å². The first kappa shape index (κ1) is 18.0. The lowest BCUT2D eigenvalue weighted by Crippen LogP contribution is -2.21. The van der Waals surface area contributed by atoms with Gasteiger partial charge in [-0.05, 0) is 24.1 Å². The highest BCUT2D eigenvalue weighted by atomic mass is 79.9. The molecule has 0 aliphatic heterocycles. The molecule has 1 N–H and O–H groups in total. The normalized spacial score (nSPS) is 11.0. The third kappa shape index (κ3) is 8.71. The molecule has 0 atom stereocenters. The smallest absolute Gasteiger partial charge is 0.243 e. The van der Waals surface area contributed by atoms with Crippen LogP contribution >= 0.6 is 15.9 Å². The van der Waals surface area contributed by atoms with Crippen LogP contribution in [-0.2, 0) is 4.79 Å². The quantitative estimate of drug-likeness (QED) is 0.448. The number of nitrogens with one attached hydrogen (secondary N) is 1. The van der Waals surface area contributed by atoms with Crippen LogP contribution in [0.4, 0.5) is 0 Å². The van der Waals surface area contributed by atoms with Crippen molar-refractivity contribution < 1.29 is 4.79 Å². The summed E-state index contributed by atoms with van der Waals surface area (Å²) in [7, 11) is 0. The second-order valence-corrected chi connectivity index (χ2v) is 6.12. The first-order valence-corrected chi connectivity index (χ1v) is 8.73. The van der Waals surface area contributed by atoms with E-state index in [4.69, 9.17) is 0 Å². The van der Waals surface area contributed by atoms with Gasteiger partial charge in [-0.15, -0.1) is 0 Å². The van der Waals surface area contributed by atoms with Crippen LogP contribution in [0.2, 0.25) is 0 Å². The van der Waals surface area contributed by atoms with Crippen molar-refractivity contribution >= 4 is 27.9 Å². The fourth-order valence-electron chi connectivity index (χ4n) is 2.13. The van der Waals surface area contributed by atoms with Crippen LogP contribution in [0, 0.1) is 0 Å². The van der Waals surface area contributed by atoms with Crippen molar-refractivity contribution in [2.75, 3.05) is 6.54 Å². The lowest BCUT2D eigenvalue weighted by Gasteiger charge is -2.03. The van der Waals surface area contributed by atoms with Gasteiger partial charge in [0, 0.05) is 17.1 Å². The summed E-state index contributed by atoms with van der Waals surface area (Å²) in [5.41, 5.74) is 1.02. The van der Waals surface area contributed by atoms with Gasteiger partial charge in [-0.25, -0.2) is 0 Å². The fourth-order valence-corrected chi connectivity index (χ4v) is 2.55. The van der Waals surface area contributed by atoms with Gasteiger partial charge in [0.05, 0.1) is 0 Å². The molecule has 0 fully saturated rings. The molecule has 0 unspecified atom stereocenters. The molecule has 21 heavy (non-hydrogen) atoms. The molecule has 0 aliphatic carbocycles. The molecule has 0 spiro atoms. The molecule has 2 nitrogen and oxygen atoms in total. The monoisotopic (exact) mass is 351 g/mol. The molecular formula is C18H26BrNO. The Hall–Kier alpha value is -1.09. The molecular weight excluding hydrogens is 326 g/mol. The van der Waals surface area contributed by atoms with E-state index in [1.165, 1.54) is 38.5 Å². The number of unbranched alkanes of at least 4 members (excludes halogenated alkanes) is 6. The maximum Gasteiger partial charge on any atom is 0.243 e. The molecule has 1 amide bonds. The molecule has 3 heteroatoms. The number of benzene rings is 1. The Balaban J connectivity index is 2.10. The van der Waals surface area contributed by atoms with E-state index in [0.717, 1.165) is 23.0 Å². The number of carbonyl (C=O) groups is 1. The van der Waals surface area contributed by atoms with Crippen molar-refractivity contribution in [3.63, 3.8) is 0 Å². The average Bonchev–Trinajstić information content (AvgIpc) is 2.49. The molecule has 1 rings (SSSR count). The zero-order valence-electron chi connectivity index (χ0n) is 12.9. The minimum Gasteiger partial charge on any atom is -0.353 e. The van der Waals surface area contributed by atoms with Crippen LogP contribution in [0.1, 0.15) is 57.4 Å². The Kier molecular flexibility index (Phi) is 9.88. The Morgan fingerprint density at radius 2 is 1.76 bits per heavy atom. The average molecular weight is 352 g/mol. The summed E-state index contributed by atoms with van der Waals surface area (Å²) < 4.78 is 1.00. The van der Waals surface area contributed by atoms with E-state index >= 15 is 0 Å². The molecule has 0 bridgehead atoms. The fraction of sp³-hybridized carbons (Fsp3) is 0.500. The van der Waals surface area contributed by atoms with E-state index in [1.807, 2.05) is 30.3 Å². The minimum absolute atomic E-state index is 0.0169. The Labute approximate surface area is 137 Å². The van der Waals surface area contributed by atoms with Gasteiger partial charge in [0.2, 0.25) is 5.91 Å². The SMILES string of the molecule is CCCCCCCCCNC(=O)/C=C/c1ccccc1Br. The van der Waals surface area contributed by atoms with Gasteiger partial charge in [0.15, 0.2) is 0 Å². The molecule has 0 heterocycles. The van der Waals surface area contributed by atoms with Crippen molar-refractivity contribution in [3.8, 4) is 0 Å². The van der Waals surface area contributed by atoms with Crippen LogP contribution < -0.4 is 5.32 Å². The Morgan fingerprint density at radius 3 is 2.48 bits per heavy atom. The van der Waals surface area contributed by atoms with E-state index in [2.05, 4.69) is 28.2 Å². The van der Waals surface area contributed by atoms with Gasteiger partial charge >= 0.3 is 0 Å². The highest BCUT2D eigenvalue weighted by molar-refractivity contribution is 9.10. The van der Waals surface area contributed by atoms with Crippen molar-refractivity contribution in [1.82, 2.24) is 5.32 Å². The molecule has 116 valence electrons. The zero-order valence-corrected chi connectivity index (χ0v) is 14.5. The van der Waals surface area contributed by atoms with Gasteiger partial charge in [0.25, 0.3) is 0 Å². The predicted molar refractivity (Wildman–Crippen MR) is 94.2 cm³/mol. The first-order valence-electron chi connectivity index (χ1n) is 7.94. The summed E-state index contributed by atoms with van der Waals surface area (Å²) in [6, 6.07) is 7.86. The van der Waals surface area contributed by atoms with Crippen molar-refractivity contribution in [1.29, 1.82) is 0 Å². The highest BCUT2D eigenvalue weighted by Gasteiger charge is 1.97. The number of amides is 1. The Bertz CT molecular complexity index is 443. The second-order valence-electron chi connectivity index (χ2n) is 5.27. The highest BCUT2D eigenvalue weighted by Crippen LogP contribution is 2.16. The molecule has 0 aromatic heterocycles. The van der Waals surface area contributed by atoms with E-state index in [-0.39, 0.29) is 5.91 Å². The van der Waals surface area contributed by atoms with Crippen LogP contribution in [0.5, 0.6) is 0 Å². The lowest BCUT2D eigenvalue weighted by atomic mass is 10.1. The van der Waals surface area contributed by atoms with Crippen LogP contribution in [0.25, 0.3) is 6.08 Å². The second kappa shape index (κ2) is 11.6. The summed E-state index contributed by atoms with van der Waals surface area (Å²) in [4.78, 5) is 11.7. The third-order valence-corrected chi connectivity index (χ3v) is 4.12. The third-order valence-electron chi connectivity index (χ3n) is 3.40. The van der Waals surface area contributed by atoms with Crippen molar-refractivity contribution in [2.45, 2.75) is 51.9 Å². The number of hydrogen-bond acceptors (Lipinski definition) is 1. The molecule has 0 saturated carbocycles. The summed E-state index contributed by atoms with van der Waals surface area (Å²) in [5, 5.41) is 2.93. The van der Waals surface area contributed by atoms with Crippen LogP contribution in [0.15, 0.2) is 34.8 Å². The number of halogens is 1. The van der Waals surface area contributed by atoms with Crippen molar-refractivity contribution in [3.05, 3.63) is 40.4 Å². The van der Waals surface area contributed by atoms with Gasteiger partial charge in [-0.1, -0.05) is 79.6 Å². The van der Waals surface area contributed by atoms with Crippen molar-refractivity contribution in [2.24, 2.45) is 0 Å². The molecule has 1 aromatic carbocycles. The lowest BCUT2D eigenvalue weighted by molar-refractivity contribution is -0.116. The van der Waals surface area contributed by atoms with E-state index in [1.54, 1.807) is 6.08 Å². The molecule has 1 aromatic rings. The Morgan fingerprint density at radius 1 is 1.10 bits per heavy atom. The molecule has 0 radical (unpaired) electrons. The van der Waals surface area contributed by atoms with Gasteiger partial charge < -0.3 is 5.32 Å². The topological polar surface area (TPSA) is 29.1 Å². The van der Waals surface area contributed by atoms with E-state index in [9.17, 15) is 4.79 Å². The number of hydrogen-bond donors (Lipinski definition) is 1. The summed E-state index contributed by atoms with van der Waals surface area (Å²) in [6.45, 7) is 3.00. The first-order chi connectivity index (χ1) is 10.2. The number of rotatable bonds is 10. The number of carbonyl (C=O) groups excluding carboxylic acids is 1. The molecule has 0 aliphatic rings. The summed E-state index contributed by atoms with van der Waals surface area (Å²) >= 11 is 3.46. The van der Waals surface area contributed by atoms with E-state index in [0.29, 0.717) is 0 Å². The zero-order chi connectivity index (χ0) is 15.3. The minimum atomic E-state index is -0.0169. The van der Waals surface area contributed by atoms with Gasteiger partial charge in [-0.3, -0.25) is 4.79 Å². The largest absolute Gasteiger partial charge is 0.353 e. The van der Waals surface area contributed by atoms with Gasteiger partial charge in [-0.2, -0.15) is 0 Å². The van der Waals surface area contributed by atoms with Crippen LogP contribution in [0.3, 0.4) is 0 Å². The molecule has 0 saturated heterocycles. The maximum absolute atomic E-state index is 11.7. The summed E-state index contributed by atoms with van der Waals surface area (Å²) in [6.07, 6.45) is 12.3.